The number of nitrogens with one attached hydrogen (secondary N) is 1. The molecule has 0 bridgehead atoms. The van der Waals surface area contributed by atoms with Crippen LogP contribution in [-0.2, 0) is 12.7 Å². The number of carbonyl (C=O) groups excluding carboxylic acids is 1. The normalized spacial score (nSPS) is 15.8. The van der Waals surface area contributed by atoms with Gasteiger partial charge < -0.3 is 9.73 Å². The minimum absolute atomic E-state index is 0.0199. The first-order valence-corrected chi connectivity index (χ1v) is 8.70. The van der Waals surface area contributed by atoms with Gasteiger partial charge in [0.25, 0.3) is 5.91 Å². The fraction of sp³-hybridized carbons (Fsp3) is 0.389. The molecule has 0 atom stereocenters. The first kappa shape index (κ1) is 18.8. The second-order valence-corrected chi connectivity index (χ2v) is 6.66. The van der Waals surface area contributed by atoms with Crippen molar-refractivity contribution < 1.29 is 22.4 Å². The van der Waals surface area contributed by atoms with E-state index in [0.717, 1.165) is 44.1 Å². The summed E-state index contributed by atoms with van der Waals surface area (Å²) in [4.78, 5) is 14.5. The van der Waals surface area contributed by atoms with Gasteiger partial charge in [0, 0.05) is 0 Å². The van der Waals surface area contributed by atoms with E-state index in [2.05, 4.69) is 10.2 Å². The van der Waals surface area contributed by atoms with E-state index in [-0.39, 0.29) is 16.5 Å². The van der Waals surface area contributed by atoms with Crippen molar-refractivity contribution in [2.24, 2.45) is 0 Å². The topological polar surface area (TPSA) is 45.5 Å². The van der Waals surface area contributed by atoms with E-state index >= 15 is 0 Å². The Morgan fingerprint density at radius 2 is 1.88 bits per heavy atom. The van der Waals surface area contributed by atoms with Crippen LogP contribution in [0.25, 0.3) is 0 Å². The molecule has 2 aromatic rings. The summed E-state index contributed by atoms with van der Waals surface area (Å²) in [5.74, 6) is 0.0359. The van der Waals surface area contributed by atoms with Crippen LogP contribution < -0.4 is 5.32 Å². The van der Waals surface area contributed by atoms with Gasteiger partial charge >= 0.3 is 6.18 Å². The molecule has 140 valence electrons. The Labute approximate surface area is 153 Å². The molecule has 0 unspecified atom stereocenters. The lowest BCUT2D eigenvalue weighted by Gasteiger charge is -2.25. The van der Waals surface area contributed by atoms with Crippen LogP contribution >= 0.6 is 11.6 Å². The molecule has 1 amide bonds. The summed E-state index contributed by atoms with van der Waals surface area (Å²) in [6.45, 7) is 2.59. The van der Waals surface area contributed by atoms with Crippen molar-refractivity contribution in [3.63, 3.8) is 0 Å². The van der Waals surface area contributed by atoms with Crippen LogP contribution in [0.3, 0.4) is 0 Å². The Kier molecular flexibility index (Phi) is 5.58. The average Bonchev–Trinajstić information content (AvgIpc) is 3.05. The summed E-state index contributed by atoms with van der Waals surface area (Å²) in [5.41, 5.74) is -0.997. The average molecular weight is 387 g/mol. The molecular weight excluding hydrogens is 369 g/mol. The van der Waals surface area contributed by atoms with Crippen molar-refractivity contribution >= 4 is 23.2 Å². The van der Waals surface area contributed by atoms with Gasteiger partial charge in [-0.1, -0.05) is 18.0 Å². The largest absolute Gasteiger partial charge is 0.455 e. The Morgan fingerprint density at radius 3 is 2.58 bits per heavy atom. The number of rotatable bonds is 4. The number of benzene rings is 1. The van der Waals surface area contributed by atoms with Crippen LogP contribution in [0.5, 0.6) is 0 Å². The lowest BCUT2D eigenvalue weighted by atomic mass is 10.1. The quantitative estimate of drug-likeness (QED) is 0.786. The highest BCUT2D eigenvalue weighted by Crippen LogP contribution is 2.34. The maximum Gasteiger partial charge on any atom is 0.416 e. The molecule has 1 N–H and O–H groups in total. The van der Waals surface area contributed by atoms with Gasteiger partial charge in [-0.3, -0.25) is 9.69 Å². The van der Waals surface area contributed by atoms with Crippen molar-refractivity contribution in [3.05, 3.63) is 52.4 Å². The first-order valence-electron chi connectivity index (χ1n) is 8.32. The summed E-state index contributed by atoms with van der Waals surface area (Å²) in [6.07, 6.45) is -1.01. The van der Waals surface area contributed by atoms with Crippen LogP contribution in [0.4, 0.5) is 18.9 Å². The third-order valence-electron chi connectivity index (χ3n) is 4.26. The zero-order valence-corrected chi connectivity index (χ0v) is 14.7. The molecule has 4 nitrogen and oxygen atoms in total. The van der Waals surface area contributed by atoms with Crippen LogP contribution in [0, 0.1) is 0 Å². The van der Waals surface area contributed by atoms with Crippen molar-refractivity contribution in [2.45, 2.75) is 32.0 Å². The minimum atomic E-state index is -4.52. The molecule has 1 aliphatic heterocycles. The number of amides is 1. The Bertz CT molecular complexity index is 783. The molecule has 26 heavy (non-hydrogen) atoms. The lowest BCUT2D eigenvalue weighted by Crippen LogP contribution is -2.28. The highest BCUT2D eigenvalue weighted by molar-refractivity contribution is 6.33. The molecule has 1 fully saturated rings. The van der Waals surface area contributed by atoms with Gasteiger partial charge in [-0.15, -0.1) is 0 Å². The zero-order chi connectivity index (χ0) is 18.7. The first-order chi connectivity index (χ1) is 12.3. The van der Waals surface area contributed by atoms with E-state index in [0.29, 0.717) is 12.3 Å². The number of carbonyl (C=O) groups is 1. The Balaban J connectivity index is 1.68. The fourth-order valence-electron chi connectivity index (χ4n) is 2.90. The van der Waals surface area contributed by atoms with Gasteiger partial charge in [-0.25, -0.2) is 0 Å². The maximum atomic E-state index is 12.8. The molecule has 1 aromatic heterocycles. The summed E-state index contributed by atoms with van der Waals surface area (Å²) in [7, 11) is 0. The number of alkyl halides is 3. The van der Waals surface area contributed by atoms with Crippen molar-refractivity contribution in [3.8, 4) is 0 Å². The maximum absolute atomic E-state index is 12.8. The number of nitrogens with zero attached hydrogens (tertiary/aromatic N) is 1. The smallest absolute Gasteiger partial charge is 0.416 e. The van der Waals surface area contributed by atoms with E-state index in [9.17, 15) is 18.0 Å². The molecule has 8 heteroatoms. The minimum Gasteiger partial charge on any atom is -0.455 e. The van der Waals surface area contributed by atoms with Crippen LogP contribution in [0.2, 0.25) is 5.02 Å². The molecule has 1 aliphatic rings. The van der Waals surface area contributed by atoms with E-state index in [1.165, 1.54) is 12.5 Å². The molecular formula is C18H18ClF3N2O2. The standard InChI is InChI=1S/C18H18ClF3N2O2/c19-14-6-4-12(18(20,21)22)10-15(14)23-17(25)16-7-5-13(26-16)11-24-8-2-1-3-9-24/h4-7,10H,1-3,8-9,11H2,(H,23,25). The molecule has 0 aliphatic carbocycles. The van der Waals surface area contributed by atoms with Gasteiger partial charge in [0.15, 0.2) is 5.76 Å². The van der Waals surface area contributed by atoms with Crippen LogP contribution in [-0.4, -0.2) is 23.9 Å². The second-order valence-electron chi connectivity index (χ2n) is 6.25. The predicted molar refractivity (Wildman–Crippen MR) is 92.2 cm³/mol. The Hall–Kier alpha value is -1.99. The van der Waals surface area contributed by atoms with Crippen LogP contribution in [0.15, 0.2) is 34.7 Å². The second kappa shape index (κ2) is 7.72. The summed E-state index contributed by atoms with van der Waals surface area (Å²) in [5, 5.41) is 2.40. The molecule has 3 rings (SSSR count). The van der Waals surface area contributed by atoms with E-state index < -0.39 is 17.6 Å². The van der Waals surface area contributed by atoms with E-state index in [1.54, 1.807) is 6.07 Å². The third-order valence-corrected chi connectivity index (χ3v) is 4.59. The number of halogens is 4. The van der Waals surface area contributed by atoms with Gasteiger partial charge in [-0.2, -0.15) is 13.2 Å². The van der Waals surface area contributed by atoms with Crippen LogP contribution in [0.1, 0.15) is 41.1 Å². The van der Waals surface area contributed by atoms with Gasteiger partial charge in [0.05, 0.1) is 22.8 Å². The van der Waals surface area contributed by atoms with E-state index in [1.807, 2.05) is 0 Å². The molecule has 0 saturated carbocycles. The zero-order valence-electron chi connectivity index (χ0n) is 13.9. The van der Waals surface area contributed by atoms with Crippen molar-refractivity contribution in [1.82, 2.24) is 4.90 Å². The molecule has 0 radical (unpaired) electrons. The van der Waals surface area contributed by atoms with Gasteiger partial charge in [0.1, 0.15) is 5.76 Å². The third kappa shape index (κ3) is 4.59. The summed E-state index contributed by atoms with van der Waals surface area (Å²) >= 11 is 5.89. The summed E-state index contributed by atoms with van der Waals surface area (Å²) in [6, 6.07) is 5.98. The van der Waals surface area contributed by atoms with Gasteiger partial charge in [-0.05, 0) is 56.3 Å². The summed E-state index contributed by atoms with van der Waals surface area (Å²) < 4.78 is 44.0. The van der Waals surface area contributed by atoms with Gasteiger partial charge in [0.2, 0.25) is 0 Å². The number of anilines is 1. The number of likely N-dealkylation sites (tertiary alicyclic amines) is 1. The van der Waals surface area contributed by atoms with Crippen molar-refractivity contribution in [2.75, 3.05) is 18.4 Å². The lowest BCUT2D eigenvalue weighted by molar-refractivity contribution is -0.137. The predicted octanol–water partition coefficient (Wildman–Crippen LogP) is 5.19. The highest BCUT2D eigenvalue weighted by Gasteiger charge is 2.31. The number of furan rings is 1. The molecule has 2 heterocycles. The number of piperidine rings is 1. The molecule has 1 saturated heterocycles. The Morgan fingerprint density at radius 1 is 1.15 bits per heavy atom. The van der Waals surface area contributed by atoms with E-state index in [4.69, 9.17) is 16.0 Å². The molecule has 1 aromatic carbocycles. The number of hydrogen-bond donors (Lipinski definition) is 1. The highest BCUT2D eigenvalue weighted by atomic mass is 35.5. The molecule has 0 spiro atoms. The number of hydrogen-bond acceptors (Lipinski definition) is 3. The monoisotopic (exact) mass is 386 g/mol. The fourth-order valence-corrected chi connectivity index (χ4v) is 3.07. The SMILES string of the molecule is O=C(Nc1cc(C(F)(F)F)ccc1Cl)c1ccc(CN2CCCCC2)o1. The van der Waals surface area contributed by atoms with Crippen molar-refractivity contribution in [1.29, 1.82) is 0 Å².